The molecule has 168 valence electrons. The van der Waals surface area contributed by atoms with E-state index >= 15 is 0 Å². The van der Waals surface area contributed by atoms with Crippen molar-refractivity contribution in [2.24, 2.45) is 0 Å². The van der Waals surface area contributed by atoms with Gasteiger partial charge in [0, 0.05) is 39.5 Å². The first-order chi connectivity index (χ1) is 14.9. The van der Waals surface area contributed by atoms with E-state index in [-0.39, 0.29) is 18.3 Å². The third-order valence-corrected chi connectivity index (χ3v) is 4.85. The average Bonchev–Trinajstić information content (AvgIpc) is 3.45. The fourth-order valence-corrected chi connectivity index (χ4v) is 3.05. The molecule has 7 nitrogen and oxygen atoms in total. The maximum atomic E-state index is 9.64. The Hall–Kier alpha value is -3.00. The summed E-state index contributed by atoms with van der Waals surface area (Å²) in [5.74, 6) is 0.478. The molecule has 0 bridgehead atoms. The highest BCUT2D eigenvalue weighted by molar-refractivity contribution is 5.56. The van der Waals surface area contributed by atoms with Crippen LogP contribution in [0.4, 0.5) is 5.69 Å². The summed E-state index contributed by atoms with van der Waals surface area (Å²) in [5, 5.41) is 18.6. The number of hydrogen-bond donors (Lipinski definition) is 3. The largest absolute Gasteiger partial charge is 0.506 e. The van der Waals surface area contributed by atoms with Crippen molar-refractivity contribution in [1.29, 1.82) is 0 Å². The first-order valence-electron chi connectivity index (χ1n) is 10.0. The molecule has 4 N–H and O–H groups in total. The number of nitrogens with zero attached hydrogens (tertiary/aromatic N) is 1. The molecule has 1 fully saturated rings. The van der Waals surface area contributed by atoms with Gasteiger partial charge in [0.05, 0.1) is 11.4 Å². The van der Waals surface area contributed by atoms with Gasteiger partial charge < -0.3 is 34.7 Å². The SMILES string of the molecule is COC1CCC(OC)O1.Cc1cccc(O)c1-n1cccc1.Cc1cccc(O)c1N. The van der Waals surface area contributed by atoms with Gasteiger partial charge in [0.2, 0.25) is 0 Å². The molecular weight excluding hydrogens is 396 g/mol. The maximum Gasteiger partial charge on any atom is 0.160 e. The quantitative estimate of drug-likeness (QED) is 0.419. The summed E-state index contributed by atoms with van der Waals surface area (Å²) < 4.78 is 17.0. The van der Waals surface area contributed by atoms with Crippen LogP contribution in [0.15, 0.2) is 60.9 Å². The smallest absolute Gasteiger partial charge is 0.160 e. The minimum Gasteiger partial charge on any atom is -0.506 e. The van der Waals surface area contributed by atoms with Crippen LogP contribution in [0, 0.1) is 13.8 Å². The molecule has 2 unspecified atom stereocenters. The Bertz CT molecular complexity index is 877. The monoisotopic (exact) mass is 428 g/mol. The molecule has 2 heterocycles. The van der Waals surface area contributed by atoms with Gasteiger partial charge in [0.25, 0.3) is 0 Å². The Labute approximate surface area is 183 Å². The van der Waals surface area contributed by atoms with Gasteiger partial charge in [-0.3, -0.25) is 0 Å². The number of nitrogen functional groups attached to an aromatic ring is 1. The van der Waals surface area contributed by atoms with Crippen molar-refractivity contribution in [2.45, 2.75) is 39.3 Å². The minimum absolute atomic E-state index is 0.0463. The summed E-state index contributed by atoms with van der Waals surface area (Å²) in [6.07, 6.45) is 5.62. The Kier molecular flexibility index (Phi) is 9.40. The van der Waals surface area contributed by atoms with Crippen LogP contribution in [0.3, 0.4) is 0 Å². The van der Waals surface area contributed by atoms with Crippen LogP contribution in [0.5, 0.6) is 11.5 Å². The molecule has 3 aromatic rings. The number of methoxy groups -OCH3 is 2. The molecule has 1 saturated heterocycles. The van der Waals surface area contributed by atoms with Crippen molar-refractivity contribution in [3.63, 3.8) is 0 Å². The molecule has 0 aliphatic carbocycles. The number of phenolic OH excluding ortho intramolecular Hbond substituents is 2. The zero-order valence-electron chi connectivity index (χ0n) is 18.5. The normalized spacial score (nSPS) is 17.3. The molecule has 31 heavy (non-hydrogen) atoms. The van der Waals surface area contributed by atoms with Gasteiger partial charge >= 0.3 is 0 Å². The highest BCUT2D eigenvalue weighted by Gasteiger charge is 2.23. The summed E-state index contributed by atoms with van der Waals surface area (Å²) in [4.78, 5) is 0. The van der Waals surface area contributed by atoms with Gasteiger partial charge in [-0.1, -0.05) is 24.3 Å². The number of aromatic hydroxyl groups is 2. The Morgan fingerprint density at radius 3 is 1.77 bits per heavy atom. The number of benzene rings is 2. The second-order valence-corrected chi connectivity index (χ2v) is 7.08. The van der Waals surface area contributed by atoms with Gasteiger partial charge in [0.1, 0.15) is 11.5 Å². The highest BCUT2D eigenvalue weighted by atomic mass is 16.8. The van der Waals surface area contributed by atoms with Crippen LogP contribution in [0.25, 0.3) is 5.69 Å². The minimum atomic E-state index is -0.0463. The second-order valence-electron chi connectivity index (χ2n) is 7.08. The number of aromatic nitrogens is 1. The van der Waals surface area contributed by atoms with E-state index < -0.39 is 0 Å². The summed E-state index contributed by atoms with van der Waals surface area (Å²) in [6.45, 7) is 3.84. The van der Waals surface area contributed by atoms with Crippen LogP contribution in [0.1, 0.15) is 24.0 Å². The number of anilines is 1. The molecule has 1 aromatic heterocycles. The lowest BCUT2D eigenvalue weighted by Gasteiger charge is -2.09. The lowest BCUT2D eigenvalue weighted by atomic mass is 10.2. The summed E-state index contributed by atoms with van der Waals surface area (Å²) in [7, 11) is 3.28. The predicted octanol–water partition coefficient (Wildman–Crippen LogP) is 4.52. The molecule has 4 rings (SSSR count). The fourth-order valence-electron chi connectivity index (χ4n) is 3.05. The topological polar surface area (TPSA) is 99.1 Å². The third-order valence-electron chi connectivity index (χ3n) is 4.85. The molecule has 0 radical (unpaired) electrons. The van der Waals surface area contributed by atoms with Gasteiger partial charge in [-0.15, -0.1) is 0 Å². The van der Waals surface area contributed by atoms with Gasteiger partial charge in [0.15, 0.2) is 12.6 Å². The van der Waals surface area contributed by atoms with Crippen molar-refractivity contribution in [3.8, 4) is 17.2 Å². The number of rotatable bonds is 3. The molecular formula is C24H32N2O5. The number of para-hydroxylation sites is 2. The number of hydrogen-bond acceptors (Lipinski definition) is 6. The Balaban J connectivity index is 0.000000170. The van der Waals surface area contributed by atoms with Crippen LogP contribution in [-0.2, 0) is 14.2 Å². The number of aryl methyl sites for hydroxylation is 2. The molecule has 1 aliphatic heterocycles. The molecule has 7 heteroatoms. The van der Waals surface area contributed by atoms with E-state index in [1.165, 1.54) is 0 Å². The van der Waals surface area contributed by atoms with E-state index in [9.17, 15) is 5.11 Å². The van der Waals surface area contributed by atoms with Gasteiger partial charge in [-0.25, -0.2) is 0 Å². The van der Waals surface area contributed by atoms with Crippen molar-refractivity contribution < 1.29 is 24.4 Å². The van der Waals surface area contributed by atoms with Gasteiger partial charge in [-0.05, 0) is 49.2 Å². The van der Waals surface area contributed by atoms with Crippen molar-refractivity contribution in [1.82, 2.24) is 4.57 Å². The van der Waals surface area contributed by atoms with Crippen molar-refractivity contribution in [3.05, 3.63) is 72.1 Å². The second kappa shape index (κ2) is 12.0. The fraction of sp³-hybridized carbons (Fsp3) is 0.333. The number of nitrogens with two attached hydrogens (primary N) is 1. The van der Waals surface area contributed by atoms with Crippen LogP contribution in [-0.4, -0.2) is 41.6 Å². The third kappa shape index (κ3) is 7.03. The molecule has 2 atom stereocenters. The lowest BCUT2D eigenvalue weighted by Crippen LogP contribution is -2.13. The molecule has 0 spiro atoms. The summed E-state index contributed by atoms with van der Waals surface area (Å²) >= 11 is 0. The first-order valence-corrected chi connectivity index (χ1v) is 10.0. The highest BCUT2D eigenvalue weighted by Crippen LogP contribution is 2.24. The van der Waals surface area contributed by atoms with Crippen molar-refractivity contribution >= 4 is 5.69 Å². The predicted molar refractivity (Wildman–Crippen MR) is 121 cm³/mol. The first kappa shape index (κ1) is 24.3. The molecule has 0 amide bonds. The molecule has 2 aromatic carbocycles. The number of ether oxygens (including phenoxy) is 3. The zero-order valence-corrected chi connectivity index (χ0v) is 18.5. The van der Waals surface area contributed by atoms with E-state index in [4.69, 9.17) is 25.1 Å². The summed E-state index contributed by atoms with van der Waals surface area (Å²) in [6, 6.07) is 14.6. The van der Waals surface area contributed by atoms with E-state index in [0.29, 0.717) is 11.4 Å². The van der Waals surface area contributed by atoms with Crippen LogP contribution >= 0.6 is 0 Å². The van der Waals surface area contributed by atoms with E-state index in [2.05, 4.69) is 0 Å². The van der Waals surface area contributed by atoms with Gasteiger partial charge in [-0.2, -0.15) is 0 Å². The lowest BCUT2D eigenvalue weighted by molar-refractivity contribution is -0.185. The standard InChI is InChI=1S/C11H11NO.C7H9NO.C6H12O3/c1-9-5-4-6-10(13)11(9)12-7-2-3-8-12;1-5-3-2-4-6(9)7(5)8;1-7-5-3-4-6(8-2)9-5/h2-8,13H,1H3;2-4,9H,8H2,1H3;5-6H,3-4H2,1-2H3. The Morgan fingerprint density at radius 1 is 0.839 bits per heavy atom. The van der Waals surface area contributed by atoms with E-state index in [0.717, 1.165) is 29.7 Å². The van der Waals surface area contributed by atoms with Crippen LogP contribution in [0.2, 0.25) is 0 Å². The summed E-state index contributed by atoms with van der Waals surface area (Å²) in [5.41, 5.74) is 8.73. The van der Waals surface area contributed by atoms with E-state index in [1.54, 1.807) is 32.4 Å². The average molecular weight is 429 g/mol. The van der Waals surface area contributed by atoms with Crippen LogP contribution < -0.4 is 5.73 Å². The van der Waals surface area contributed by atoms with E-state index in [1.807, 2.05) is 61.1 Å². The Morgan fingerprint density at radius 2 is 1.35 bits per heavy atom. The molecule has 1 aliphatic rings. The number of phenols is 2. The molecule has 0 saturated carbocycles. The zero-order chi connectivity index (χ0) is 22.8. The van der Waals surface area contributed by atoms with Crippen molar-refractivity contribution in [2.75, 3.05) is 20.0 Å². The maximum absolute atomic E-state index is 9.64.